The van der Waals surface area contributed by atoms with Gasteiger partial charge in [0.25, 0.3) is 0 Å². The van der Waals surface area contributed by atoms with Gasteiger partial charge in [-0.1, -0.05) is 0 Å². The largest absolute Gasteiger partial charge is 0.493 e. The summed E-state index contributed by atoms with van der Waals surface area (Å²) in [5.41, 5.74) is 6.67. The van der Waals surface area contributed by atoms with E-state index in [1.165, 1.54) is 0 Å². The summed E-state index contributed by atoms with van der Waals surface area (Å²) in [5, 5.41) is 0. The lowest BCUT2D eigenvalue weighted by Gasteiger charge is -2.32. The number of ether oxygens (including phenoxy) is 4. The standard InChI is InChI=1S/C14H23NO4/c1-5-18-14(10-15,19-6-2)11-7-8-12(16-3)13(9-11)17-4/h7-9H,5-6,10,15H2,1-4H3. The van der Waals surface area contributed by atoms with Crippen LogP contribution in [0.15, 0.2) is 18.2 Å². The van der Waals surface area contributed by atoms with Crippen LogP contribution in [0.2, 0.25) is 0 Å². The highest BCUT2D eigenvalue weighted by atomic mass is 16.7. The van der Waals surface area contributed by atoms with Gasteiger partial charge in [-0.2, -0.15) is 0 Å². The fourth-order valence-electron chi connectivity index (χ4n) is 1.98. The molecule has 0 aromatic heterocycles. The third-order valence-electron chi connectivity index (χ3n) is 2.85. The Kier molecular flexibility index (Phi) is 6.08. The molecule has 0 heterocycles. The van der Waals surface area contributed by atoms with E-state index in [-0.39, 0.29) is 6.54 Å². The van der Waals surface area contributed by atoms with Crippen LogP contribution in [0.3, 0.4) is 0 Å². The van der Waals surface area contributed by atoms with Crippen molar-refractivity contribution >= 4 is 0 Å². The van der Waals surface area contributed by atoms with Crippen molar-refractivity contribution < 1.29 is 18.9 Å². The molecule has 0 spiro atoms. The zero-order valence-electron chi connectivity index (χ0n) is 12.1. The van der Waals surface area contributed by atoms with E-state index in [1.54, 1.807) is 14.2 Å². The van der Waals surface area contributed by atoms with Gasteiger partial charge in [0.2, 0.25) is 5.79 Å². The Morgan fingerprint density at radius 1 is 1.00 bits per heavy atom. The highest BCUT2D eigenvalue weighted by Gasteiger charge is 2.33. The highest BCUT2D eigenvalue weighted by molar-refractivity contribution is 5.44. The normalized spacial score (nSPS) is 11.4. The van der Waals surface area contributed by atoms with Crippen LogP contribution in [0.25, 0.3) is 0 Å². The van der Waals surface area contributed by atoms with Gasteiger partial charge in [0.05, 0.1) is 20.8 Å². The van der Waals surface area contributed by atoms with E-state index in [2.05, 4.69) is 0 Å². The van der Waals surface area contributed by atoms with Crippen molar-refractivity contribution in [2.45, 2.75) is 19.6 Å². The molecule has 0 radical (unpaired) electrons. The van der Waals surface area contributed by atoms with Crippen LogP contribution in [0.4, 0.5) is 0 Å². The summed E-state index contributed by atoms with van der Waals surface area (Å²) in [4.78, 5) is 0. The number of hydrogen-bond donors (Lipinski definition) is 1. The van der Waals surface area contributed by atoms with E-state index in [0.29, 0.717) is 24.7 Å². The fourth-order valence-corrected chi connectivity index (χ4v) is 1.98. The summed E-state index contributed by atoms with van der Waals surface area (Å²) in [6, 6.07) is 5.52. The lowest BCUT2D eigenvalue weighted by Crippen LogP contribution is -2.41. The number of hydrogen-bond acceptors (Lipinski definition) is 5. The molecule has 0 aliphatic rings. The van der Waals surface area contributed by atoms with Gasteiger partial charge in [0, 0.05) is 18.8 Å². The second-order valence-electron chi connectivity index (χ2n) is 3.89. The number of nitrogens with two attached hydrogens (primary N) is 1. The molecule has 1 rings (SSSR count). The van der Waals surface area contributed by atoms with Crippen molar-refractivity contribution in [3.8, 4) is 11.5 Å². The molecular weight excluding hydrogens is 246 g/mol. The minimum absolute atomic E-state index is 0.226. The Labute approximate surface area is 114 Å². The highest BCUT2D eigenvalue weighted by Crippen LogP contribution is 2.34. The minimum Gasteiger partial charge on any atom is -0.493 e. The zero-order chi connectivity index (χ0) is 14.3. The summed E-state index contributed by atoms with van der Waals surface area (Å²) in [6.07, 6.45) is 0. The molecule has 0 aliphatic carbocycles. The molecule has 19 heavy (non-hydrogen) atoms. The first kappa shape index (κ1) is 15.8. The molecular formula is C14H23NO4. The molecule has 2 N–H and O–H groups in total. The Morgan fingerprint density at radius 3 is 2.00 bits per heavy atom. The van der Waals surface area contributed by atoms with E-state index in [1.807, 2.05) is 32.0 Å². The van der Waals surface area contributed by atoms with Gasteiger partial charge in [-0.3, -0.25) is 0 Å². The molecule has 0 saturated heterocycles. The van der Waals surface area contributed by atoms with Gasteiger partial charge < -0.3 is 24.7 Å². The predicted molar refractivity (Wildman–Crippen MR) is 73.5 cm³/mol. The third kappa shape index (κ3) is 3.37. The van der Waals surface area contributed by atoms with Gasteiger partial charge in [0.15, 0.2) is 11.5 Å². The molecule has 0 atom stereocenters. The van der Waals surface area contributed by atoms with Crippen molar-refractivity contribution in [2.75, 3.05) is 34.0 Å². The maximum absolute atomic E-state index is 5.85. The number of benzene rings is 1. The lowest BCUT2D eigenvalue weighted by molar-refractivity contribution is -0.235. The van der Waals surface area contributed by atoms with E-state index in [9.17, 15) is 0 Å². The first-order chi connectivity index (χ1) is 9.17. The maximum Gasteiger partial charge on any atom is 0.207 e. The minimum atomic E-state index is -0.941. The SMILES string of the molecule is CCOC(CN)(OCC)c1ccc(OC)c(OC)c1. The average molecular weight is 269 g/mol. The molecule has 0 amide bonds. The summed E-state index contributed by atoms with van der Waals surface area (Å²) in [5.74, 6) is 0.339. The van der Waals surface area contributed by atoms with Gasteiger partial charge in [0.1, 0.15) is 0 Å². The smallest absolute Gasteiger partial charge is 0.207 e. The number of methoxy groups -OCH3 is 2. The van der Waals surface area contributed by atoms with Crippen LogP contribution in [0.1, 0.15) is 19.4 Å². The van der Waals surface area contributed by atoms with Crippen molar-refractivity contribution in [3.63, 3.8) is 0 Å². The molecule has 108 valence electrons. The zero-order valence-corrected chi connectivity index (χ0v) is 12.1. The summed E-state index contributed by atoms with van der Waals surface area (Å²) >= 11 is 0. The Morgan fingerprint density at radius 2 is 1.58 bits per heavy atom. The fraction of sp³-hybridized carbons (Fsp3) is 0.571. The first-order valence-corrected chi connectivity index (χ1v) is 6.37. The van der Waals surface area contributed by atoms with Gasteiger partial charge in [-0.25, -0.2) is 0 Å². The van der Waals surface area contributed by atoms with Gasteiger partial charge >= 0.3 is 0 Å². The molecule has 5 nitrogen and oxygen atoms in total. The molecule has 0 unspecified atom stereocenters. The van der Waals surface area contributed by atoms with Crippen molar-refractivity contribution in [1.82, 2.24) is 0 Å². The van der Waals surface area contributed by atoms with Crippen LogP contribution in [-0.4, -0.2) is 34.0 Å². The Hall–Kier alpha value is -1.30. The monoisotopic (exact) mass is 269 g/mol. The molecule has 5 heteroatoms. The Bertz CT molecular complexity index is 389. The number of rotatable bonds is 8. The molecule has 0 fully saturated rings. The van der Waals surface area contributed by atoms with Crippen LogP contribution in [-0.2, 0) is 15.3 Å². The van der Waals surface area contributed by atoms with Crippen LogP contribution in [0, 0.1) is 0 Å². The summed E-state index contributed by atoms with van der Waals surface area (Å²) < 4.78 is 22.0. The maximum atomic E-state index is 5.85. The second-order valence-corrected chi connectivity index (χ2v) is 3.89. The van der Waals surface area contributed by atoms with Gasteiger partial charge in [-0.15, -0.1) is 0 Å². The first-order valence-electron chi connectivity index (χ1n) is 6.37. The van der Waals surface area contributed by atoms with E-state index in [0.717, 1.165) is 5.56 Å². The predicted octanol–water partition coefficient (Wildman–Crippen LogP) is 1.89. The van der Waals surface area contributed by atoms with Crippen molar-refractivity contribution in [1.29, 1.82) is 0 Å². The molecule has 1 aromatic carbocycles. The van der Waals surface area contributed by atoms with E-state index < -0.39 is 5.79 Å². The van der Waals surface area contributed by atoms with E-state index in [4.69, 9.17) is 24.7 Å². The van der Waals surface area contributed by atoms with Gasteiger partial charge in [-0.05, 0) is 32.0 Å². The molecule has 1 aromatic rings. The van der Waals surface area contributed by atoms with Crippen molar-refractivity contribution in [3.05, 3.63) is 23.8 Å². The third-order valence-corrected chi connectivity index (χ3v) is 2.85. The lowest BCUT2D eigenvalue weighted by atomic mass is 10.0. The Balaban J connectivity index is 3.21. The van der Waals surface area contributed by atoms with E-state index >= 15 is 0 Å². The quantitative estimate of drug-likeness (QED) is 0.730. The van der Waals surface area contributed by atoms with Crippen LogP contribution < -0.4 is 15.2 Å². The van der Waals surface area contributed by atoms with Crippen LogP contribution >= 0.6 is 0 Å². The second kappa shape index (κ2) is 7.33. The summed E-state index contributed by atoms with van der Waals surface area (Å²) in [6.45, 7) is 5.05. The molecule has 0 bridgehead atoms. The molecule has 0 aliphatic heterocycles. The van der Waals surface area contributed by atoms with Crippen molar-refractivity contribution in [2.24, 2.45) is 5.73 Å². The van der Waals surface area contributed by atoms with Crippen LogP contribution in [0.5, 0.6) is 11.5 Å². The molecule has 0 saturated carbocycles. The average Bonchev–Trinajstić information content (AvgIpc) is 2.46. The summed E-state index contributed by atoms with van der Waals surface area (Å²) in [7, 11) is 3.19. The topological polar surface area (TPSA) is 62.9 Å².